The van der Waals surface area contributed by atoms with Crippen molar-refractivity contribution in [3.05, 3.63) is 23.9 Å². The van der Waals surface area contributed by atoms with Gasteiger partial charge in [0.1, 0.15) is 5.69 Å². The summed E-state index contributed by atoms with van der Waals surface area (Å²) in [5.74, 6) is -0.706. The van der Waals surface area contributed by atoms with Crippen molar-refractivity contribution in [3.8, 4) is 5.88 Å². The Morgan fingerprint density at radius 2 is 2.24 bits per heavy atom. The molecule has 1 amide bonds. The van der Waals surface area contributed by atoms with Crippen LogP contribution in [0.4, 0.5) is 0 Å². The highest BCUT2D eigenvalue weighted by molar-refractivity contribution is 5.93. The summed E-state index contributed by atoms with van der Waals surface area (Å²) in [6.45, 7) is 4.35. The van der Waals surface area contributed by atoms with E-state index in [9.17, 15) is 9.59 Å². The molecular weight excluding hydrogens is 272 g/mol. The number of aromatic nitrogens is 1. The third kappa shape index (κ3) is 3.93. The highest BCUT2D eigenvalue weighted by atomic mass is 16.5. The molecular formula is C15H20N2O4. The summed E-state index contributed by atoms with van der Waals surface area (Å²) in [5, 5.41) is 8.91. The van der Waals surface area contributed by atoms with Crippen LogP contribution in [-0.4, -0.2) is 45.6 Å². The van der Waals surface area contributed by atoms with Crippen LogP contribution in [0.3, 0.4) is 0 Å². The highest BCUT2D eigenvalue weighted by Crippen LogP contribution is 2.22. The summed E-state index contributed by atoms with van der Waals surface area (Å²) in [5.41, 5.74) is 0.297. The first kappa shape index (κ1) is 15.3. The first-order valence-electron chi connectivity index (χ1n) is 7.14. The van der Waals surface area contributed by atoms with E-state index in [-0.39, 0.29) is 24.5 Å². The topological polar surface area (TPSA) is 79.7 Å². The highest BCUT2D eigenvalue weighted by Gasteiger charge is 2.31. The van der Waals surface area contributed by atoms with Gasteiger partial charge in [-0.1, -0.05) is 6.07 Å². The van der Waals surface area contributed by atoms with Gasteiger partial charge in [-0.15, -0.1) is 0 Å². The van der Waals surface area contributed by atoms with Crippen LogP contribution in [0, 0.1) is 0 Å². The largest absolute Gasteiger partial charge is 0.481 e. The van der Waals surface area contributed by atoms with Gasteiger partial charge in [0.05, 0.1) is 12.5 Å². The minimum Gasteiger partial charge on any atom is -0.481 e. The monoisotopic (exact) mass is 292 g/mol. The standard InChI is InChI=1S/C15H20N2O4/c1-10(2)21-13-7-3-6-12(16-13)15(20)17-8-4-5-11(17)9-14(18)19/h3,6-7,10-11H,4-5,8-9H2,1-2H3,(H,18,19). The van der Waals surface area contributed by atoms with Gasteiger partial charge in [-0.25, -0.2) is 4.98 Å². The van der Waals surface area contributed by atoms with Crippen molar-refractivity contribution in [2.75, 3.05) is 6.54 Å². The van der Waals surface area contributed by atoms with E-state index in [2.05, 4.69) is 4.98 Å². The molecule has 21 heavy (non-hydrogen) atoms. The molecule has 1 N–H and O–H groups in total. The summed E-state index contributed by atoms with van der Waals surface area (Å²) in [6, 6.07) is 4.81. The number of likely N-dealkylation sites (tertiary alicyclic amines) is 1. The Balaban J connectivity index is 2.13. The summed E-state index contributed by atoms with van der Waals surface area (Å²) in [7, 11) is 0. The molecule has 2 heterocycles. The van der Waals surface area contributed by atoms with Gasteiger partial charge < -0.3 is 14.7 Å². The van der Waals surface area contributed by atoms with Gasteiger partial charge in [-0.3, -0.25) is 9.59 Å². The SMILES string of the molecule is CC(C)Oc1cccc(C(=O)N2CCCC2CC(=O)O)n1. The molecule has 1 unspecified atom stereocenters. The van der Waals surface area contributed by atoms with Crippen LogP contribution in [-0.2, 0) is 4.79 Å². The van der Waals surface area contributed by atoms with Gasteiger partial charge >= 0.3 is 5.97 Å². The maximum absolute atomic E-state index is 12.5. The fraction of sp³-hybridized carbons (Fsp3) is 0.533. The summed E-state index contributed by atoms with van der Waals surface area (Å²) in [6.07, 6.45) is 1.51. The lowest BCUT2D eigenvalue weighted by molar-refractivity contribution is -0.137. The van der Waals surface area contributed by atoms with Crippen LogP contribution in [0.5, 0.6) is 5.88 Å². The first-order valence-corrected chi connectivity index (χ1v) is 7.14. The molecule has 1 aromatic rings. The summed E-state index contributed by atoms with van der Waals surface area (Å²) in [4.78, 5) is 29.2. The molecule has 114 valence electrons. The molecule has 0 spiro atoms. The van der Waals surface area contributed by atoms with E-state index in [0.717, 1.165) is 12.8 Å². The van der Waals surface area contributed by atoms with Crippen molar-refractivity contribution in [2.24, 2.45) is 0 Å². The number of nitrogens with zero attached hydrogens (tertiary/aromatic N) is 2. The molecule has 1 aliphatic rings. The molecule has 1 atom stereocenters. The first-order chi connectivity index (χ1) is 9.97. The van der Waals surface area contributed by atoms with Crippen molar-refractivity contribution in [1.29, 1.82) is 0 Å². The van der Waals surface area contributed by atoms with Crippen LogP contribution in [0.1, 0.15) is 43.6 Å². The average Bonchev–Trinajstić information content (AvgIpc) is 2.84. The molecule has 6 heteroatoms. The second-order valence-corrected chi connectivity index (χ2v) is 5.42. The second-order valence-electron chi connectivity index (χ2n) is 5.42. The Morgan fingerprint density at radius 3 is 2.90 bits per heavy atom. The fourth-order valence-corrected chi connectivity index (χ4v) is 2.51. The fourth-order valence-electron chi connectivity index (χ4n) is 2.51. The third-order valence-electron chi connectivity index (χ3n) is 3.35. The van der Waals surface area contributed by atoms with Gasteiger partial charge in [0, 0.05) is 18.7 Å². The van der Waals surface area contributed by atoms with Crippen LogP contribution in [0.25, 0.3) is 0 Å². The number of carbonyl (C=O) groups is 2. The lowest BCUT2D eigenvalue weighted by atomic mass is 10.1. The molecule has 0 radical (unpaired) electrons. The quantitative estimate of drug-likeness (QED) is 0.897. The second kappa shape index (κ2) is 6.56. The van der Waals surface area contributed by atoms with Crippen LogP contribution >= 0.6 is 0 Å². The number of amides is 1. The van der Waals surface area contributed by atoms with Gasteiger partial charge in [0.2, 0.25) is 5.88 Å². The van der Waals surface area contributed by atoms with E-state index < -0.39 is 5.97 Å². The van der Waals surface area contributed by atoms with Crippen LogP contribution in [0.2, 0.25) is 0 Å². The van der Waals surface area contributed by atoms with Gasteiger partial charge in [0.15, 0.2) is 0 Å². The van der Waals surface area contributed by atoms with E-state index in [4.69, 9.17) is 9.84 Å². The smallest absolute Gasteiger partial charge is 0.305 e. The minimum absolute atomic E-state index is 0.0191. The molecule has 1 fully saturated rings. The maximum atomic E-state index is 12.5. The molecule has 0 saturated carbocycles. The Hall–Kier alpha value is -2.11. The molecule has 1 aliphatic heterocycles. The number of hydrogen-bond donors (Lipinski definition) is 1. The number of hydrogen-bond acceptors (Lipinski definition) is 4. The minimum atomic E-state index is -0.885. The summed E-state index contributed by atoms with van der Waals surface area (Å²) >= 11 is 0. The average molecular weight is 292 g/mol. The van der Waals surface area contributed by atoms with Gasteiger partial charge in [-0.05, 0) is 32.8 Å². The number of carbonyl (C=O) groups excluding carboxylic acids is 1. The zero-order valence-electron chi connectivity index (χ0n) is 12.3. The van der Waals surface area contributed by atoms with E-state index in [1.807, 2.05) is 13.8 Å². The molecule has 1 aromatic heterocycles. The summed E-state index contributed by atoms with van der Waals surface area (Å²) < 4.78 is 5.48. The molecule has 0 aliphatic carbocycles. The predicted molar refractivity (Wildman–Crippen MR) is 76.3 cm³/mol. The van der Waals surface area contributed by atoms with E-state index in [0.29, 0.717) is 18.1 Å². The molecule has 2 rings (SSSR count). The third-order valence-corrected chi connectivity index (χ3v) is 3.35. The lowest BCUT2D eigenvalue weighted by Gasteiger charge is -2.23. The molecule has 0 bridgehead atoms. The number of carboxylic acid groups (broad SMARTS) is 1. The Morgan fingerprint density at radius 1 is 1.48 bits per heavy atom. The predicted octanol–water partition coefficient (Wildman–Crippen LogP) is 1.95. The van der Waals surface area contributed by atoms with Crippen molar-refractivity contribution < 1.29 is 19.4 Å². The van der Waals surface area contributed by atoms with Gasteiger partial charge in [-0.2, -0.15) is 0 Å². The normalized spacial score (nSPS) is 18.0. The zero-order valence-corrected chi connectivity index (χ0v) is 12.3. The van der Waals surface area contributed by atoms with Crippen molar-refractivity contribution in [3.63, 3.8) is 0 Å². The Bertz CT molecular complexity index is 530. The number of rotatable bonds is 5. The number of pyridine rings is 1. The molecule has 0 aromatic carbocycles. The number of carboxylic acids is 1. The van der Waals surface area contributed by atoms with Crippen molar-refractivity contribution in [2.45, 2.75) is 45.3 Å². The van der Waals surface area contributed by atoms with E-state index in [1.54, 1.807) is 23.1 Å². The van der Waals surface area contributed by atoms with E-state index >= 15 is 0 Å². The maximum Gasteiger partial charge on any atom is 0.305 e. The lowest BCUT2D eigenvalue weighted by Crippen LogP contribution is -2.37. The van der Waals surface area contributed by atoms with Gasteiger partial charge in [0.25, 0.3) is 5.91 Å². The van der Waals surface area contributed by atoms with E-state index in [1.165, 1.54) is 0 Å². The van der Waals surface area contributed by atoms with Crippen molar-refractivity contribution >= 4 is 11.9 Å². The zero-order chi connectivity index (χ0) is 15.4. The number of ether oxygens (including phenoxy) is 1. The molecule has 1 saturated heterocycles. The van der Waals surface area contributed by atoms with Crippen LogP contribution in [0.15, 0.2) is 18.2 Å². The Kier molecular flexibility index (Phi) is 4.77. The Labute approximate surface area is 123 Å². The van der Waals surface area contributed by atoms with Crippen LogP contribution < -0.4 is 4.74 Å². The molecule has 6 nitrogen and oxygen atoms in total. The number of aliphatic carboxylic acids is 1. The van der Waals surface area contributed by atoms with Crippen molar-refractivity contribution in [1.82, 2.24) is 9.88 Å².